The quantitative estimate of drug-likeness (QED) is 0.836. The van der Waals surface area contributed by atoms with Gasteiger partial charge in [-0.05, 0) is 24.5 Å². The third kappa shape index (κ3) is 3.56. The number of aliphatic carboxylic acids is 1. The molecule has 0 radical (unpaired) electrons. The largest absolute Gasteiger partial charge is 0.481 e. The summed E-state index contributed by atoms with van der Waals surface area (Å²) in [7, 11) is 0. The molecule has 82 valence electrons. The van der Waals surface area contributed by atoms with Crippen LogP contribution in [0.25, 0.3) is 0 Å². The topological polar surface area (TPSA) is 37.3 Å². The van der Waals surface area contributed by atoms with Crippen molar-refractivity contribution in [2.75, 3.05) is 0 Å². The van der Waals surface area contributed by atoms with Gasteiger partial charge >= 0.3 is 5.97 Å². The third-order valence-corrected chi connectivity index (χ3v) is 2.78. The van der Waals surface area contributed by atoms with Gasteiger partial charge in [-0.15, -0.1) is 0 Å². The van der Waals surface area contributed by atoms with E-state index in [0.29, 0.717) is 17.9 Å². The Morgan fingerprint density at radius 3 is 2.67 bits per heavy atom. The molecule has 1 unspecified atom stereocenters. The summed E-state index contributed by atoms with van der Waals surface area (Å²) in [6.45, 7) is 1.99. The van der Waals surface area contributed by atoms with E-state index < -0.39 is 5.97 Å². The lowest BCUT2D eigenvalue weighted by Crippen LogP contribution is -2.16. The van der Waals surface area contributed by atoms with Crippen LogP contribution in [0.2, 0.25) is 5.02 Å². The molecule has 1 rings (SSSR count). The van der Waals surface area contributed by atoms with E-state index in [4.69, 9.17) is 16.7 Å². The minimum atomic E-state index is -0.739. The highest BCUT2D eigenvalue weighted by molar-refractivity contribution is 6.31. The smallest absolute Gasteiger partial charge is 0.306 e. The monoisotopic (exact) mass is 226 g/mol. The first-order valence-corrected chi connectivity index (χ1v) is 5.49. The fourth-order valence-electron chi connectivity index (χ4n) is 1.59. The van der Waals surface area contributed by atoms with Gasteiger partial charge in [0.05, 0.1) is 5.92 Å². The van der Waals surface area contributed by atoms with E-state index in [9.17, 15) is 4.79 Å². The van der Waals surface area contributed by atoms with Crippen molar-refractivity contribution < 1.29 is 9.90 Å². The molecule has 0 aliphatic heterocycles. The van der Waals surface area contributed by atoms with E-state index in [1.165, 1.54) is 0 Å². The molecule has 0 aliphatic rings. The van der Waals surface area contributed by atoms with Gasteiger partial charge in [0.1, 0.15) is 0 Å². The van der Waals surface area contributed by atoms with Crippen molar-refractivity contribution >= 4 is 17.6 Å². The van der Waals surface area contributed by atoms with Crippen LogP contribution in [-0.4, -0.2) is 11.1 Å². The summed E-state index contributed by atoms with van der Waals surface area (Å²) in [5, 5.41) is 9.67. The predicted molar refractivity (Wildman–Crippen MR) is 61.2 cm³/mol. The van der Waals surface area contributed by atoms with Gasteiger partial charge < -0.3 is 5.11 Å². The standard InChI is InChI=1S/C12H15ClO2/c1-2-5-10(12(14)15)8-9-6-3-4-7-11(9)13/h3-4,6-7,10H,2,5,8H2,1H3,(H,14,15). The predicted octanol–water partition coefficient (Wildman–Crippen LogP) is 3.38. The number of carboxylic acid groups (broad SMARTS) is 1. The van der Waals surface area contributed by atoms with Gasteiger partial charge in [0, 0.05) is 5.02 Å². The Kier molecular flexibility index (Phi) is 4.63. The number of carboxylic acids is 1. The molecular weight excluding hydrogens is 212 g/mol. The van der Waals surface area contributed by atoms with Crippen molar-refractivity contribution in [2.45, 2.75) is 26.2 Å². The first-order valence-electron chi connectivity index (χ1n) is 5.11. The maximum Gasteiger partial charge on any atom is 0.306 e. The number of hydrogen-bond acceptors (Lipinski definition) is 1. The van der Waals surface area contributed by atoms with E-state index in [0.717, 1.165) is 12.0 Å². The van der Waals surface area contributed by atoms with Gasteiger partial charge in [-0.1, -0.05) is 43.1 Å². The van der Waals surface area contributed by atoms with Crippen LogP contribution >= 0.6 is 11.6 Å². The summed E-state index contributed by atoms with van der Waals surface area (Å²) >= 11 is 5.98. The Balaban J connectivity index is 2.74. The van der Waals surface area contributed by atoms with Gasteiger partial charge in [0.15, 0.2) is 0 Å². The zero-order valence-electron chi connectivity index (χ0n) is 8.74. The zero-order valence-corrected chi connectivity index (χ0v) is 9.50. The second-order valence-electron chi connectivity index (χ2n) is 3.62. The average molecular weight is 227 g/mol. The Bertz CT molecular complexity index is 336. The van der Waals surface area contributed by atoms with E-state index in [1.54, 1.807) is 6.07 Å². The normalized spacial score (nSPS) is 12.4. The van der Waals surface area contributed by atoms with Crippen molar-refractivity contribution in [2.24, 2.45) is 5.92 Å². The Hall–Kier alpha value is -1.02. The first-order chi connectivity index (χ1) is 7.15. The van der Waals surface area contributed by atoms with Gasteiger partial charge in [0.25, 0.3) is 0 Å². The lowest BCUT2D eigenvalue weighted by molar-refractivity contribution is -0.141. The van der Waals surface area contributed by atoms with E-state index in [-0.39, 0.29) is 5.92 Å². The molecule has 1 aromatic carbocycles. The maximum absolute atomic E-state index is 11.0. The zero-order chi connectivity index (χ0) is 11.3. The lowest BCUT2D eigenvalue weighted by atomic mass is 9.95. The van der Waals surface area contributed by atoms with E-state index in [1.807, 2.05) is 25.1 Å². The molecule has 0 saturated carbocycles. The molecule has 0 saturated heterocycles. The van der Waals surface area contributed by atoms with Gasteiger partial charge in [-0.2, -0.15) is 0 Å². The van der Waals surface area contributed by atoms with Gasteiger partial charge in [-0.3, -0.25) is 4.79 Å². The molecule has 1 aromatic rings. The molecular formula is C12H15ClO2. The molecule has 0 aliphatic carbocycles. The summed E-state index contributed by atoms with van der Waals surface area (Å²) < 4.78 is 0. The molecule has 2 nitrogen and oxygen atoms in total. The second-order valence-corrected chi connectivity index (χ2v) is 4.03. The molecule has 0 aromatic heterocycles. The molecule has 15 heavy (non-hydrogen) atoms. The van der Waals surface area contributed by atoms with Crippen molar-refractivity contribution in [3.05, 3.63) is 34.9 Å². The van der Waals surface area contributed by atoms with Crippen LogP contribution < -0.4 is 0 Å². The van der Waals surface area contributed by atoms with Crippen molar-refractivity contribution in [1.82, 2.24) is 0 Å². The fourth-order valence-corrected chi connectivity index (χ4v) is 1.80. The maximum atomic E-state index is 11.0. The molecule has 1 atom stereocenters. The number of benzene rings is 1. The molecule has 1 N–H and O–H groups in total. The molecule has 3 heteroatoms. The fraction of sp³-hybridized carbons (Fsp3) is 0.417. The SMILES string of the molecule is CCCC(Cc1ccccc1Cl)C(=O)O. The molecule has 0 fully saturated rings. The van der Waals surface area contributed by atoms with Crippen LogP contribution in [0.4, 0.5) is 0 Å². The Morgan fingerprint density at radius 2 is 2.13 bits per heavy atom. The summed E-state index contributed by atoms with van der Waals surface area (Å²) in [6.07, 6.45) is 2.09. The summed E-state index contributed by atoms with van der Waals surface area (Å²) in [4.78, 5) is 11.0. The number of carbonyl (C=O) groups is 1. The van der Waals surface area contributed by atoms with Crippen LogP contribution in [0.3, 0.4) is 0 Å². The number of rotatable bonds is 5. The molecule has 0 heterocycles. The summed E-state index contributed by atoms with van der Waals surface area (Å²) in [6, 6.07) is 7.41. The minimum Gasteiger partial charge on any atom is -0.481 e. The van der Waals surface area contributed by atoms with Gasteiger partial charge in [0.2, 0.25) is 0 Å². The van der Waals surface area contributed by atoms with E-state index >= 15 is 0 Å². The number of hydrogen-bond donors (Lipinski definition) is 1. The highest BCUT2D eigenvalue weighted by atomic mass is 35.5. The molecule has 0 spiro atoms. The van der Waals surface area contributed by atoms with Crippen molar-refractivity contribution in [3.63, 3.8) is 0 Å². The summed E-state index contributed by atoms with van der Waals surface area (Å²) in [5.41, 5.74) is 0.917. The average Bonchev–Trinajstić information content (AvgIpc) is 2.20. The number of halogens is 1. The van der Waals surface area contributed by atoms with Crippen LogP contribution in [0.1, 0.15) is 25.3 Å². The Morgan fingerprint density at radius 1 is 1.47 bits per heavy atom. The minimum absolute atomic E-state index is 0.324. The van der Waals surface area contributed by atoms with Gasteiger partial charge in [-0.25, -0.2) is 0 Å². The Labute approximate surface area is 94.9 Å². The third-order valence-electron chi connectivity index (χ3n) is 2.41. The van der Waals surface area contributed by atoms with Crippen molar-refractivity contribution in [1.29, 1.82) is 0 Å². The highest BCUT2D eigenvalue weighted by Crippen LogP contribution is 2.21. The summed E-state index contributed by atoms with van der Waals surface area (Å²) in [5.74, 6) is -1.06. The molecule has 0 amide bonds. The lowest BCUT2D eigenvalue weighted by Gasteiger charge is -2.11. The molecule has 0 bridgehead atoms. The van der Waals surface area contributed by atoms with Crippen LogP contribution in [-0.2, 0) is 11.2 Å². The van der Waals surface area contributed by atoms with Crippen LogP contribution in [0.15, 0.2) is 24.3 Å². The highest BCUT2D eigenvalue weighted by Gasteiger charge is 2.17. The van der Waals surface area contributed by atoms with Crippen molar-refractivity contribution in [3.8, 4) is 0 Å². The van der Waals surface area contributed by atoms with Crippen LogP contribution in [0, 0.1) is 5.92 Å². The second kappa shape index (κ2) is 5.76. The van der Waals surface area contributed by atoms with Crippen LogP contribution in [0.5, 0.6) is 0 Å². The first kappa shape index (κ1) is 12.1. The van der Waals surface area contributed by atoms with E-state index in [2.05, 4.69) is 0 Å².